The molecule has 0 aliphatic rings. The number of nitrogens with one attached hydrogen (secondary N) is 1. The van der Waals surface area contributed by atoms with Gasteiger partial charge in [-0.2, -0.15) is 5.10 Å². The van der Waals surface area contributed by atoms with Gasteiger partial charge >= 0.3 is 5.91 Å². The van der Waals surface area contributed by atoms with Crippen LogP contribution in [-0.4, -0.2) is 19.2 Å². The molecule has 0 fully saturated rings. The highest BCUT2D eigenvalue weighted by atomic mass is 79.9. The topological polar surface area (TPSA) is 73.1 Å². The van der Waals surface area contributed by atoms with Crippen LogP contribution in [0.25, 0.3) is 21.7 Å². The third-order valence-corrected chi connectivity index (χ3v) is 5.97. The number of nitrogens with zero attached hydrogens (tertiary/aromatic N) is 1. The summed E-state index contributed by atoms with van der Waals surface area (Å²) in [6, 6.07) is 27.1. The first kappa shape index (κ1) is 22.7. The highest BCUT2D eigenvalue weighted by Gasteiger charge is 2.12. The van der Waals surface area contributed by atoms with Crippen LogP contribution in [0.1, 0.15) is 21.7 Å². The molecule has 4 aromatic carbocycles. The van der Waals surface area contributed by atoms with Crippen molar-refractivity contribution in [3.8, 4) is 11.5 Å². The van der Waals surface area contributed by atoms with E-state index in [-0.39, 0.29) is 5.76 Å². The fourth-order valence-electron chi connectivity index (χ4n) is 3.72. The SMILES string of the molecule is COc1cc(/C=N\NC(=O)c2cc3cc(Br)ccc3o2)ccc1OCc1ccc2ccccc2c1. The lowest BCUT2D eigenvalue weighted by Gasteiger charge is -2.12. The highest BCUT2D eigenvalue weighted by Crippen LogP contribution is 2.29. The molecule has 1 amide bonds. The van der Waals surface area contributed by atoms with E-state index >= 15 is 0 Å². The molecular formula is C28H21BrN2O4. The monoisotopic (exact) mass is 528 g/mol. The molecule has 1 heterocycles. The minimum absolute atomic E-state index is 0.185. The van der Waals surface area contributed by atoms with Gasteiger partial charge in [0.25, 0.3) is 0 Å². The lowest BCUT2D eigenvalue weighted by atomic mass is 10.1. The van der Waals surface area contributed by atoms with Gasteiger partial charge in [0.15, 0.2) is 17.3 Å². The maximum absolute atomic E-state index is 12.4. The van der Waals surface area contributed by atoms with Crippen molar-refractivity contribution < 1.29 is 18.7 Å². The summed E-state index contributed by atoms with van der Waals surface area (Å²) in [6.07, 6.45) is 1.53. The number of ether oxygens (including phenoxy) is 2. The molecule has 5 aromatic rings. The summed E-state index contributed by atoms with van der Waals surface area (Å²) in [5, 5.41) is 7.24. The minimum Gasteiger partial charge on any atom is -0.493 e. The van der Waals surface area contributed by atoms with Gasteiger partial charge in [0.05, 0.1) is 13.3 Å². The van der Waals surface area contributed by atoms with Crippen LogP contribution < -0.4 is 14.9 Å². The molecule has 0 saturated carbocycles. The lowest BCUT2D eigenvalue weighted by Crippen LogP contribution is -2.16. The van der Waals surface area contributed by atoms with Crippen molar-refractivity contribution in [2.24, 2.45) is 5.10 Å². The zero-order valence-electron chi connectivity index (χ0n) is 18.8. The summed E-state index contributed by atoms with van der Waals surface area (Å²) in [4.78, 5) is 12.4. The molecule has 6 nitrogen and oxygen atoms in total. The van der Waals surface area contributed by atoms with Gasteiger partial charge in [-0.05, 0) is 70.4 Å². The Labute approximate surface area is 210 Å². The fraction of sp³-hybridized carbons (Fsp3) is 0.0714. The van der Waals surface area contributed by atoms with Crippen LogP contribution in [0.3, 0.4) is 0 Å². The molecule has 0 atom stereocenters. The van der Waals surface area contributed by atoms with E-state index in [0.717, 1.165) is 21.0 Å². The number of fused-ring (bicyclic) bond motifs is 2. The molecule has 1 aromatic heterocycles. The van der Waals surface area contributed by atoms with Crippen molar-refractivity contribution in [1.29, 1.82) is 0 Å². The number of hydrogen-bond donors (Lipinski definition) is 1. The van der Waals surface area contributed by atoms with Gasteiger partial charge in [-0.1, -0.05) is 52.3 Å². The molecule has 0 radical (unpaired) electrons. The maximum Gasteiger partial charge on any atom is 0.307 e. The van der Waals surface area contributed by atoms with Crippen LogP contribution in [-0.2, 0) is 6.61 Å². The van der Waals surface area contributed by atoms with Gasteiger partial charge in [-0.25, -0.2) is 5.43 Å². The second-order valence-corrected chi connectivity index (χ2v) is 8.79. The normalized spacial score (nSPS) is 11.3. The Balaban J connectivity index is 1.23. The van der Waals surface area contributed by atoms with Crippen molar-refractivity contribution in [3.63, 3.8) is 0 Å². The minimum atomic E-state index is -0.434. The molecule has 0 unspecified atom stereocenters. The molecule has 1 N–H and O–H groups in total. The van der Waals surface area contributed by atoms with Gasteiger partial charge in [0.2, 0.25) is 0 Å². The van der Waals surface area contributed by atoms with E-state index in [1.165, 1.54) is 17.0 Å². The van der Waals surface area contributed by atoms with Crippen LogP contribution in [0.4, 0.5) is 0 Å². The number of carbonyl (C=O) groups excluding carboxylic acids is 1. The number of rotatable bonds is 7. The summed E-state index contributed by atoms with van der Waals surface area (Å²) in [5.74, 6) is 0.945. The van der Waals surface area contributed by atoms with E-state index in [1.807, 2.05) is 36.4 Å². The Morgan fingerprint density at radius 3 is 2.66 bits per heavy atom. The molecule has 0 bridgehead atoms. The smallest absolute Gasteiger partial charge is 0.307 e. The van der Waals surface area contributed by atoms with Crippen LogP contribution in [0.15, 0.2) is 98.9 Å². The summed E-state index contributed by atoms with van der Waals surface area (Å²) < 4.78 is 18.0. The van der Waals surface area contributed by atoms with Crippen LogP contribution in [0.2, 0.25) is 0 Å². The first-order valence-electron chi connectivity index (χ1n) is 10.9. The predicted octanol–water partition coefficient (Wildman–Crippen LogP) is 6.70. The van der Waals surface area contributed by atoms with Crippen molar-refractivity contribution in [3.05, 3.63) is 106 Å². The highest BCUT2D eigenvalue weighted by molar-refractivity contribution is 9.10. The molecule has 0 aliphatic carbocycles. The first-order valence-corrected chi connectivity index (χ1v) is 11.7. The van der Waals surface area contributed by atoms with Crippen molar-refractivity contribution in [2.45, 2.75) is 6.61 Å². The summed E-state index contributed by atoms with van der Waals surface area (Å²) in [7, 11) is 1.58. The number of carbonyl (C=O) groups is 1. The van der Waals surface area contributed by atoms with E-state index < -0.39 is 5.91 Å². The second kappa shape index (κ2) is 10.0. The molecule has 5 rings (SSSR count). The van der Waals surface area contributed by atoms with Gasteiger partial charge in [-0.3, -0.25) is 4.79 Å². The zero-order chi connectivity index (χ0) is 24.2. The van der Waals surface area contributed by atoms with E-state index in [0.29, 0.717) is 23.7 Å². The average Bonchev–Trinajstić information content (AvgIpc) is 3.31. The van der Waals surface area contributed by atoms with Crippen molar-refractivity contribution >= 4 is 49.8 Å². The molecule has 0 aliphatic heterocycles. The van der Waals surface area contributed by atoms with Gasteiger partial charge < -0.3 is 13.9 Å². The third kappa shape index (κ3) is 5.20. The Kier molecular flexibility index (Phi) is 6.50. The van der Waals surface area contributed by atoms with Crippen LogP contribution in [0.5, 0.6) is 11.5 Å². The molecule has 35 heavy (non-hydrogen) atoms. The number of amides is 1. The van der Waals surface area contributed by atoms with Gasteiger partial charge in [0, 0.05) is 9.86 Å². The lowest BCUT2D eigenvalue weighted by molar-refractivity contribution is 0.0929. The molecule has 0 spiro atoms. The maximum atomic E-state index is 12.4. The van der Waals surface area contributed by atoms with E-state index in [9.17, 15) is 4.79 Å². The van der Waals surface area contributed by atoms with Crippen LogP contribution >= 0.6 is 15.9 Å². The first-order chi connectivity index (χ1) is 17.1. The quantitative estimate of drug-likeness (QED) is 0.188. The molecule has 174 valence electrons. The Morgan fingerprint density at radius 2 is 1.80 bits per heavy atom. The Hall–Kier alpha value is -4.10. The summed E-state index contributed by atoms with van der Waals surface area (Å²) in [6.45, 7) is 0.415. The molecular weight excluding hydrogens is 508 g/mol. The predicted molar refractivity (Wildman–Crippen MR) is 140 cm³/mol. The number of hydrogen-bond acceptors (Lipinski definition) is 5. The van der Waals surface area contributed by atoms with E-state index in [2.05, 4.69) is 56.8 Å². The third-order valence-electron chi connectivity index (χ3n) is 5.48. The number of hydrazone groups is 1. The fourth-order valence-corrected chi connectivity index (χ4v) is 4.10. The standard InChI is InChI=1S/C28H21BrN2O4/c1-33-26-13-18(16-30-31-28(32)27-15-22-14-23(29)9-11-24(22)35-27)7-10-25(26)34-17-19-6-8-20-4-2-3-5-21(20)12-19/h2-16H,17H2,1H3,(H,31,32)/b30-16-. The summed E-state index contributed by atoms with van der Waals surface area (Å²) >= 11 is 3.41. The largest absolute Gasteiger partial charge is 0.493 e. The van der Waals surface area contributed by atoms with Crippen molar-refractivity contribution in [2.75, 3.05) is 7.11 Å². The van der Waals surface area contributed by atoms with E-state index in [4.69, 9.17) is 13.9 Å². The number of furan rings is 1. The Bertz CT molecular complexity index is 1560. The average molecular weight is 529 g/mol. The second-order valence-electron chi connectivity index (χ2n) is 7.87. The number of benzene rings is 4. The van der Waals surface area contributed by atoms with Gasteiger partial charge in [-0.15, -0.1) is 0 Å². The zero-order valence-corrected chi connectivity index (χ0v) is 20.4. The van der Waals surface area contributed by atoms with Gasteiger partial charge in [0.1, 0.15) is 12.2 Å². The molecule has 7 heteroatoms. The Morgan fingerprint density at radius 1 is 0.943 bits per heavy atom. The number of methoxy groups -OCH3 is 1. The van der Waals surface area contributed by atoms with Crippen LogP contribution in [0, 0.1) is 0 Å². The van der Waals surface area contributed by atoms with E-state index in [1.54, 1.807) is 25.3 Å². The molecule has 0 saturated heterocycles. The number of halogens is 1. The summed E-state index contributed by atoms with van der Waals surface area (Å²) in [5.41, 5.74) is 4.93. The van der Waals surface area contributed by atoms with Crippen molar-refractivity contribution in [1.82, 2.24) is 5.43 Å².